The van der Waals surface area contributed by atoms with E-state index in [1.807, 2.05) is 31.5 Å². The first-order chi connectivity index (χ1) is 9.22. The molecule has 19 heavy (non-hydrogen) atoms. The molecule has 0 radical (unpaired) electrons. The maximum absolute atomic E-state index is 6.22. The van der Waals surface area contributed by atoms with Crippen molar-refractivity contribution in [1.29, 1.82) is 0 Å². The molecule has 3 nitrogen and oxygen atoms in total. The monoisotopic (exact) mass is 275 g/mol. The van der Waals surface area contributed by atoms with Crippen LogP contribution in [0.25, 0.3) is 0 Å². The summed E-state index contributed by atoms with van der Waals surface area (Å²) in [6.45, 7) is 5.09. The topological polar surface area (TPSA) is 37.8 Å². The fourth-order valence-electron chi connectivity index (χ4n) is 1.97. The van der Waals surface area contributed by atoms with Crippen molar-refractivity contribution in [3.63, 3.8) is 0 Å². The Morgan fingerprint density at radius 2 is 1.95 bits per heavy atom. The number of nitrogens with zero attached hydrogens (tertiary/aromatic N) is 2. The fraction of sp³-hybridized carbons (Fsp3) is 0.333. The van der Waals surface area contributed by atoms with Crippen LogP contribution in [0, 0.1) is 6.92 Å². The molecular formula is C15H18ClN3. The van der Waals surface area contributed by atoms with Gasteiger partial charge in [-0.05, 0) is 37.1 Å². The number of hydrogen-bond donors (Lipinski definition) is 1. The molecular weight excluding hydrogens is 258 g/mol. The molecule has 1 aromatic carbocycles. The number of halogens is 1. The van der Waals surface area contributed by atoms with Crippen LogP contribution in [0.2, 0.25) is 5.02 Å². The molecule has 1 atom stereocenters. The lowest BCUT2D eigenvalue weighted by Crippen LogP contribution is -2.23. The van der Waals surface area contributed by atoms with Crippen LogP contribution in [0.15, 0.2) is 36.9 Å². The summed E-state index contributed by atoms with van der Waals surface area (Å²) in [5.41, 5.74) is 3.28. The molecule has 1 heterocycles. The summed E-state index contributed by atoms with van der Waals surface area (Å²) in [6.07, 6.45) is 6.30. The van der Waals surface area contributed by atoms with Crippen molar-refractivity contribution in [3.8, 4) is 0 Å². The first-order valence-electron chi connectivity index (χ1n) is 6.46. The quantitative estimate of drug-likeness (QED) is 0.907. The summed E-state index contributed by atoms with van der Waals surface area (Å²) in [7, 11) is 0. The minimum absolute atomic E-state index is 0.0826. The maximum Gasteiger partial charge on any atom is 0.115 e. The van der Waals surface area contributed by atoms with Gasteiger partial charge in [-0.3, -0.25) is 0 Å². The minimum atomic E-state index is 0.0826. The van der Waals surface area contributed by atoms with Gasteiger partial charge in [-0.2, -0.15) is 0 Å². The van der Waals surface area contributed by atoms with E-state index in [1.165, 1.54) is 0 Å². The third kappa shape index (κ3) is 3.52. The van der Waals surface area contributed by atoms with Gasteiger partial charge in [-0.15, -0.1) is 0 Å². The Morgan fingerprint density at radius 1 is 1.21 bits per heavy atom. The van der Waals surface area contributed by atoms with Crippen molar-refractivity contribution in [3.05, 3.63) is 58.6 Å². The number of nitrogens with one attached hydrogen (secondary N) is 1. The van der Waals surface area contributed by atoms with E-state index >= 15 is 0 Å². The molecule has 0 fully saturated rings. The molecule has 1 unspecified atom stereocenters. The lowest BCUT2D eigenvalue weighted by molar-refractivity contribution is 0.595. The van der Waals surface area contributed by atoms with Crippen LogP contribution in [-0.4, -0.2) is 16.5 Å². The van der Waals surface area contributed by atoms with Gasteiger partial charge >= 0.3 is 0 Å². The molecule has 1 aromatic heterocycles. The second-order valence-electron chi connectivity index (χ2n) is 4.57. The van der Waals surface area contributed by atoms with E-state index in [0.717, 1.165) is 34.7 Å². The molecule has 0 bridgehead atoms. The van der Waals surface area contributed by atoms with Crippen LogP contribution < -0.4 is 5.32 Å². The molecule has 0 saturated carbocycles. The zero-order valence-electron chi connectivity index (χ0n) is 11.2. The number of aromatic nitrogens is 2. The smallest absolute Gasteiger partial charge is 0.115 e. The van der Waals surface area contributed by atoms with Crippen molar-refractivity contribution < 1.29 is 0 Å². The zero-order valence-corrected chi connectivity index (χ0v) is 12.0. The van der Waals surface area contributed by atoms with Crippen LogP contribution in [0.4, 0.5) is 0 Å². The highest BCUT2D eigenvalue weighted by Gasteiger charge is 2.14. The fourth-order valence-corrected chi connectivity index (χ4v) is 2.15. The molecule has 0 saturated heterocycles. The third-order valence-corrected chi connectivity index (χ3v) is 3.45. The van der Waals surface area contributed by atoms with Crippen LogP contribution >= 0.6 is 11.6 Å². The van der Waals surface area contributed by atoms with Gasteiger partial charge < -0.3 is 5.32 Å². The Labute approximate surface area is 119 Å². The summed E-state index contributed by atoms with van der Waals surface area (Å²) >= 11 is 6.22. The van der Waals surface area contributed by atoms with E-state index in [1.54, 1.807) is 6.33 Å². The number of hydrogen-bond acceptors (Lipinski definition) is 3. The Bertz CT molecular complexity index is 528. The predicted octanol–water partition coefficient (Wildman–Crippen LogP) is 3.53. The highest BCUT2D eigenvalue weighted by molar-refractivity contribution is 6.31. The van der Waals surface area contributed by atoms with Gasteiger partial charge in [0.1, 0.15) is 6.33 Å². The van der Waals surface area contributed by atoms with Gasteiger partial charge in [0.2, 0.25) is 0 Å². The van der Waals surface area contributed by atoms with Gasteiger partial charge in [-0.1, -0.05) is 30.7 Å². The predicted molar refractivity (Wildman–Crippen MR) is 78.4 cm³/mol. The van der Waals surface area contributed by atoms with Crippen molar-refractivity contribution >= 4 is 11.6 Å². The van der Waals surface area contributed by atoms with E-state index in [0.29, 0.717) is 0 Å². The Kier molecular flexibility index (Phi) is 4.88. The van der Waals surface area contributed by atoms with Crippen molar-refractivity contribution in [1.82, 2.24) is 15.3 Å². The summed E-state index contributed by atoms with van der Waals surface area (Å²) in [4.78, 5) is 8.19. The summed E-state index contributed by atoms with van der Waals surface area (Å²) in [5.74, 6) is 0. The van der Waals surface area contributed by atoms with E-state index in [-0.39, 0.29) is 6.04 Å². The average Bonchev–Trinajstić information content (AvgIpc) is 2.44. The second-order valence-corrected chi connectivity index (χ2v) is 4.97. The van der Waals surface area contributed by atoms with E-state index in [4.69, 9.17) is 11.6 Å². The molecule has 2 aromatic rings. The van der Waals surface area contributed by atoms with Gasteiger partial charge in [-0.25, -0.2) is 9.97 Å². The lowest BCUT2D eigenvalue weighted by Gasteiger charge is -2.19. The van der Waals surface area contributed by atoms with Crippen LogP contribution in [-0.2, 0) is 0 Å². The molecule has 4 heteroatoms. The van der Waals surface area contributed by atoms with Crippen molar-refractivity contribution in [2.75, 3.05) is 6.54 Å². The van der Waals surface area contributed by atoms with Crippen LogP contribution in [0.1, 0.15) is 36.1 Å². The lowest BCUT2D eigenvalue weighted by atomic mass is 10.00. The molecule has 0 amide bonds. The van der Waals surface area contributed by atoms with Gasteiger partial charge in [0.15, 0.2) is 0 Å². The average molecular weight is 276 g/mol. The van der Waals surface area contributed by atoms with Crippen LogP contribution in [0.3, 0.4) is 0 Å². The van der Waals surface area contributed by atoms with Crippen molar-refractivity contribution in [2.24, 2.45) is 0 Å². The Hall–Kier alpha value is -1.45. The van der Waals surface area contributed by atoms with Crippen LogP contribution in [0.5, 0.6) is 0 Å². The largest absolute Gasteiger partial charge is 0.306 e. The second kappa shape index (κ2) is 6.64. The Balaban J connectivity index is 2.34. The summed E-state index contributed by atoms with van der Waals surface area (Å²) in [6, 6.07) is 6.24. The van der Waals surface area contributed by atoms with Crippen molar-refractivity contribution in [2.45, 2.75) is 26.3 Å². The highest BCUT2D eigenvalue weighted by atomic mass is 35.5. The number of rotatable bonds is 5. The Morgan fingerprint density at radius 3 is 2.58 bits per heavy atom. The molecule has 0 spiro atoms. The standard InChI is InChI=1S/C15H18ClN3/c1-3-6-19-15(13-8-17-10-18-9-13)12-5-4-11(2)14(16)7-12/h4-5,7-10,15,19H,3,6H2,1-2H3. The zero-order chi connectivity index (χ0) is 13.7. The first kappa shape index (κ1) is 14.0. The molecule has 0 aliphatic heterocycles. The molecule has 1 N–H and O–H groups in total. The SMILES string of the molecule is CCCNC(c1cncnc1)c1ccc(C)c(Cl)c1. The van der Waals surface area contributed by atoms with E-state index in [9.17, 15) is 0 Å². The first-order valence-corrected chi connectivity index (χ1v) is 6.84. The minimum Gasteiger partial charge on any atom is -0.306 e. The van der Waals surface area contributed by atoms with E-state index in [2.05, 4.69) is 28.3 Å². The normalized spacial score (nSPS) is 12.4. The third-order valence-electron chi connectivity index (χ3n) is 3.04. The number of benzene rings is 1. The molecule has 2 rings (SSSR count). The van der Waals surface area contributed by atoms with E-state index < -0.39 is 0 Å². The molecule has 100 valence electrons. The van der Waals surface area contributed by atoms with Gasteiger partial charge in [0.05, 0.1) is 6.04 Å². The van der Waals surface area contributed by atoms with Gasteiger partial charge in [0.25, 0.3) is 0 Å². The highest BCUT2D eigenvalue weighted by Crippen LogP contribution is 2.25. The number of aryl methyl sites for hydroxylation is 1. The molecule has 0 aliphatic carbocycles. The van der Waals surface area contributed by atoms with Gasteiger partial charge in [0, 0.05) is 23.0 Å². The summed E-state index contributed by atoms with van der Waals surface area (Å²) in [5, 5.41) is 4.30. The molecule has 0 aliphatic rings. The summed E-state index contributed by atoms with van der Waals surface area (Å²) < 4.78 is 0. The maximum atomic E-state index is 6.22.